The van der Waals surface area contributed by atoms with Gasteiger partial charge in [0, 0.05) is 11.3 Å². The molecule has 2 aromatic rings. The first-order valence-corrected chi connectivity index (χ1v) is 10.8. The van der Waals surface area contributed by atoms with Crippen molar-refractivity contribution in [3.8, 4) is 11.5 Å². The molecule has 1 heterocycles. The van der Waals surface area contributed by atoms with Crippen molar-refractivity contribution in [2.45, 2.75) is 26.8 Å². The summed E-state index contributed by atoms with van der Waals surface area (Å²) < 4.78 is 10.9. The molecule has 0 radical (unpaired) electrons. The molecule has 1 saturated heterocycles. The lowest BCUT2D eigenvalue weighted by molar-refractivity contribution is -1.02. The molecule has 0 unspecified atom stereocenters. The van der Waals surface area contributed by atoms with E-state index in [2.05, 4.69) is 31.3 Å². The maximum Gasteiger partial charge on any atom is 0.279 e. The second-order valence-corrected chi connectivity index (χ2v) is 8.05. The van der Waals surface area contributed by atoms with E-state index in [1.807, 2.05) is 24.3 Å². The molecule has 162 valence electrons. The first-order valence-electron chi connectivity index (χ1n) is 10.8. The summed E-state index contributed by atoms with van der Waals surface area (Å²) in [6.45, 7) is 9.85. The van der Waals surface area contributed by atoms with Crippen molar-refractivity contribution in [1.29, 1.82) is 0 Å². The van der Waals surface area contributed by atoms with Gasteiger partial charge in [-0.25, -0.2) is 0 Å². The topological polar surface area (TPSA) is 56.4 Å². The normalized spacial score (nSPS) is 18.7. The van der Waals surface area contributed by atoms with Crippen molar-refractivity contribution < 1.29 is 24.1 Å². The van der Waals surface area contributed by atoms with Crippen LogP contribution in [0.3, 0.4) is 0 Å². The SMILES string of the molecule is CCc1ccccc1NC(=O)C[NH+]1CC[NH+](Cc2cc(OC)c(OC)cc2C)CC1. The molecule has 1 fully saturated rings. The van der Waals surface area contributed by atoms with E-state index < -0.39 is 0 Å². The molecule has 0 aromatic heterocycles. The Bertz CT molecular complexity index is 861. The number of carbonyl (C=O) groups excluding carboxylic acids is 1. The summed E-state index contributed by atoms with van der Waals surface area (Å²) in [5, 5.41) is 3.10. The Morgan fingerprint density at radius 1 is 0.967 bits per heavy atom. The molecule has 6 heteroatoms. The Hall–Kier alpha value is -2.57. The average molecular weight is 414 g/mol. The summed E-state index contributed by atoms with van der Waals surface area (Å²) in [5.41, 5.74) is 4.64. The summed E-state index contributed by atoms with van der Waals surface area (Å²) in [7, 11) is 3.34. The number of nitrogens with one attached hydrogen (secondary N) is 3. The standard InChI is InChI=1S/C24H33N3O3/c1-5-19-8-6-7-9-21(19)25-24(28)17-27-12-10-26(11-13-27)16-20-15-23(30-4)22(29-3)14-18(20)2/h6-9,14-15H,5,10-13,16-17H2,1-4H3,(H,25,28)/p+2. The summed E-state index contributed by atoms with van der Waals surface area (Å²) in [6, 6.07) is 12.2. The molecule has 2 aromatic carbocycles. The number of quaternary nitrogens is 2. The van der Waals surface area contributed by atoms with Crippen molar-refractivity contribution in [2.24, 2.45) is 0 Å². The highest BCUT2D eigenvalue weighted by molar-refractivity contribution is 5.92. The molecule has 1 amide bonds. The molecular weight excluding hydrogens is 378 g/mol. The van der Waals surface area contributed by atoms with Crippen LogP contribution in [0.5, 0.6) is 11.5 Å². The summed E-state index contributed by atoms with van der Waals surface area (Å²) in [4.78, 5) is 15.4. The Morgan fingerprint density at radius 2 is 1.60 bits per heavy atom. The first kappa shape index (κ1) is 22.1. The van der Waals surface area contributed by atoms with Crippen molar-refractivity contribution in [3.63, 3.8) is 0 Å². The van der Waals surface area contributed by atoms with Crippen LogP contribution < -0.4 is 24.6 Å². The third-order valence-electron chi connectivity index (χ3n) is 6.03. The fourth-order valence-electron chi connectivity index (χ4n) is 4.17. The number of ether oxygens (including phenoxy) is 2. The maximum atomic E-state index is 12.5. The van der Waals surface area contributed by atoms with Crippen molar-refractivity contribution >= 4 is 11.6 Å². The number of rotatable bonds is 8. The third-order valence-corrected chi connectivity index (χ3v) is 6.03. The Kier molecular flexibility index (Phi) is 7.71. The van der Waals surface area contributed by atoms with Crippen LogP contribution in [0.25, 0.3) is 0 Å². The average Bonchev–Trinajstić information content (AvgIpc) is 2.76. The highest BCUT2D eigenvalue weighted by Crippen LogP contribution is 2.29. The Labute approximate surface area is 179 Å². The minimum atomic E-state index is 0.102. The predicted molar refractivity (Wildman–Crippen MR) is 119 cm³/mol. The Balaban J connectivity index is 1.51. The van der Waals surface area contributed by atoms with Crippen LogP contribution in [0.4, 0.5) is 5.69 Å². The van der Waals surface area contributed by atoms with Crippen LogP contribution in [-0.2, 0) is 17.8 Å². The number of benzene rings is 2. The Morgan fingerprint density at radius 3 is 2.27 bits per heavy atom. The van der Waals surface area contributed by atoms with Gasteiger partial charge in [0.25, 0.3) is 5.91 Å². The molecule has 0 atom stereocenters. The van der Waals surface area contributed by atoms with Crippen molar-refractivity contribution in [1.82, 2.24) is 0 Å². The number of hydrogen-bond donors (Lipinski definition) is 3. The lowest BCUT2D eigenvalue weighted by atomic mass is 10.1. The largest absolute Gasteiger partial charge is 0.493 e. The van der Waals surface area contributed by atoms with E-state index in [0.717, 1.165) is 56.3 Å². The van der Waals surface area contributed by atoms with E-state index in [4.69, 9.17) is 9.47 Å². The smallest absolute Gasteiger partial charge is 0.279 e. The number of amides is 1. The number of methoxy groups -OCH3 is 2. The van der Waals surface area contributed by atoms with Crippen LogP contribution in [-0.4, -0.2) is 52.9 Å². The van der Waals surface area contributed by atoms with E-state index in [9.17, 15) is 4.79 Å². The molecule has 0 spiro atoms. The molecule has 0 saturated carbocycles. The number of carbonyl (C=O) groups is 1. The van der Waals surface area contributed by atoms with Gasteiger partial charge in [-0.05, 0) is 42.7 Å². The van der Waals surface area contributed by atoms with Gasteiger partial charge in [-0.2, -0.15) is 0 Å². The number of para-hydroxylation sites is 1. The van der Waals surface area contributed by atoms with Crippen LogP contribution in [0, 0.1) is 6.92 Å². The van der Waals surface area contributed by atoms with E-state index in [1.165, 1.54) is 21.6 Å². The highest BCUT2D eigenvalue weighted by Gasteiger charge is 2.26. The molecule has 3 rings (SSSR count). The summed E-state index contributed by atoms with van der Waals surface area (Å²) >= 11 is 0. The monoisotopic (exact) mass is 413 g/mol. The van der Waals surface area contributed by atoms with E-state index in [1.54, 1.807) is 19.1 Å². The van der Waals surface area contributed by atoms with Gasteiger partial charge in [-0.3, -0.25) is 4.79 Å². The molecule has 0 bridgehead atoms. The zero-order chi connectivity index (χ0) is 21.5. The zero-order valence-electron chi connectivity index (χ0n) is 18.6. The van der Waals surface area contributed by atoms with Gasteiger partial charge in [0.1, 0.15) is 32.7 Å². The zero-order valence-corrected chi connectivity index (χ0v) is 18.6. The number of aryl methyl sites for hydroxylation is 2. The quantitative estimate of drug-likeness (QED) is 0.591. The predicted octanol–water partition coefficient (Wildman–Crippen LogP) is 0.497. The van der Waals surface area contributed by atoms with Gasteiger partial charge < -0.3 is 24.6 Å². The van der Waals surface area contributed by atoms with E-state index >= 15 is 0 Å². The van der Waals surface area contributed by atoms with E-state index in [0.29, 0.717) is 6.54 Å². The molecule has 1 aliphatic rings. The van der Waals surface area contributed by atoms with Gasteiger partial charge in [0.15, 0.2) is 18.0 Å². The highest BCUT2D eigenvalue weighted by atomic mass is 16.5. The van der Waals surface area contributed by atoms with Gasteiger partial charge in [-0.1, -0.05) is 25.1 Å². The number of hydrogen-bond acceptors (Lipinski definition) is 3. The van der Waals surface area contributed by atoms with Crippen LogP contribution in [0.2, 0.25) is 0 Å². The minimum Gasteiger partial charge on any atom is -0.493 e. The molecule has 30 heavy (non-hydrogen) atoms. The van der Waals surface area contributed by atoms with Gasteiger partial charge in [0.2, 0.25) is 0 Å². The fraction of sp³-hybridized carbons (Fsp3) is 0.458. The van der Waals surface area contributed by atoms with Crippen LogP contribution >= 0.6 is 0 Å². The molecule has 6 nitrogen and oxygen atoms in total. The molecule has 0 aliphatic carbocycles. The van der Waals surface area contributed by atoms with Gasteiger partial charge in [0.05, 0.1) is 14.2 Å². The second kappa shape index (κ2) is 10.5. The maximum absolute atomic E-state index is 12.5. The minimum absolute atomic E-state index is 0.102. The summed E-state index contributed by atoms with van der Waals surface area (Å²) in [5.74, 6) is 1.66. The molecule has 1 aliphatic heterocycles. The fourth-order valence-corrected chi connectivity index (χ4v) is 4.17. The van der Waals surface area contributed by atoms with Crippen molar-refractivity contribution in [2.75, 3.05) is 52.3 Å². The van der Waals surface area contributed by atoms with Gasteiger partial charge in [-0.15, -0.1) is 0 Å². The molecule has 3 N–H and O–H groups in total. The second-order valence-electron chi connectivity index (χ2n) is 8.05. The summed E-state index contributed by atoms with van der Waals surface area (Å²) in [6.07, 6.45) is 0.918. The first-order chi connectivity index (χ1) is 14.5. The van der Waals surface area contributed by atoms with Crippen LogP contribution in [0.15, 0.2) is 36.4 Å². The number of anilines is 1. The van der Waals surface area contributed by atoms with E-state index in [-0.39, 0.29) is 5.91 Å². The van der Waals surface area contributed by atoms with Gasteiger partial charge >= 0.3 is 0 Å². The number of piperazine rings is 1. The van der Waals surface area contributed by atoms with Crippen molar-refractivity contribution in [3.05, 3.63) is 53.1 Å². The van der Waals surface area contributed by atoms with Crippen LogP contribution in [0.1, 0.15) is 23.6 Å². The lowest BCUT2D eigenvalue weighted by Crippen LogP contribution is -3.28. The third kappa shape index (κ3) is 5.52. The molecular formula is C24H35N3O3+2. The lowest BCUT2D eigenvalue weighted by Gasteiger charge is -2.30.